The van der Waals surface area contributed by atoms with E-state index >= 15 is 0 Å². The summed E-state index contributed by atoms with van der Waals surface area (Å²) in [5, 5.41) is 0. The molecule has 1 aromatic carbocycles. The number of hydrogen-bond acceptors (Lipinski definition) is 1. The Bertz CT molecular complexity index is 316. The zero-order valence-electron chi connectivity index (χ0n) is 9.92. The molecule has 0 bridgehead atoms. The van der Waals surface area contributed by atoms with Crippen molar-refractivity contribution in [3.8, 4) is 0 Å². The fourth-order valence-corrected chi connectivity index (χ4v) is 2.00. The summed E-state index contributed by atoms with van der Waals surface area (Å²) in [6.07, 6.45) is 6.39. The molecule has 0 atom stereocenters. The van der Waals surface area contributed by atoms with Gasteiger partial charge >= 0.3 is 23.1 Å². The van der Waals surface area contributed by atoms with Gasteiger partial charge in [-0.2, -0.15) is 18.2 Å². The SMILES string of the molecule is Fc1c[c-]ccc1COC1CCCCC1.[Br-].[Mg+2]. The number of halogens is 2. The van der Waals surface area contributed by atoms with E-state index in [1.54, 1.807) is 12.1 Å². The van der Waals surface area contributed by atoms with Crippen LogP contribution >= 0.6 is 0 Å². The van der Waals surface area contributed by atoms with Gasteiger partial charge in [-0.05, 0) is 12.8 Å². The Balaban J connectivity index is 0.00000128. The van der Waals surface area contributed by atoms with Crippen LogP contribution in [0.5, 0.6) is 0 Å². The van der Waals surface area contributed by atoms with Crippen LogP contribution in [0.4, 0.5) is 4.39 Å². The first kappa shape index (κ1) is 17.4. The van der Waals surface area contributed by atoms with Gasteiger partial charge in [-0.3, -0.25) is 4.39 Å². The first-order valence-corrected chi connectivity index (χ1v) is 5.62. The molecule has 0 unspecified atom stereocenters. The number of ether oxygens (including phenoxy) is 1. The third kappa shape index (κ3) is 5.68. The smallest absolute Gasteiger partial charge is 1.00 e. The maximum atomic E-state index is 13.2. The normalized spacial score (nSPS) is 15.8. The van der Waals surface area contributed by atoms with Crippen molar-refractivity contribution in [1.82, 2.24) is 0 Å². The molecule has 2 rings (SSSR count). The Labute approximate surface area is 129 Å². The molecule has 0 amide bonds. The summed E-state index contributed by atoms with van der Waals surface area (Å²) in [5.41, 5.74) is 0.638. The van der Waals surface area contributed by atoms with Gasteiger partial charge in [0, 0.05) is 5.82 Å². The number of benzene rings is 1. The van der Waals surface area contributed by atoms with Crippen molar-refractivity contribution in [3.05, 3.63) is 35.6 Å². The molecule has 4 heteroatoms. The minimum atomic E-state index is -0.215. The Morgan fingerprint density at radius 1 is 1.29 bits per heavy atom. The third-order valence-corrected chi connectivity index (χ3v) is 2.92. The quantitative estimate of drug-likeness (QED) is 0.568. The van der Waals surface area contributed by atoms with Crippen molar-refractivity contribution in [2.75, 3.05) is 0 Å². The van der Waals surface area contributed by atoms with Crippen LogP contribution in [0.1, 0.15) is 37.7 Å². The number of rotatable bonds is 3. The molecular formula is C13H16BrFMgO. The summed E-state index contributed by atoms with van der Waals surface area (Å²) in [4.78, 5) is 0. The van der Waals surface area contributed by atoms with Crippen molar-refractivity contribution in [2.45, 2.75) is 44.8 Å². The molecule has 1 saturated carbocycles. The predicted octanol–water partition coefficient (Wildman–Crippen LogP) is 0.0984. The van der Waals surface area contributed by atoms with Crippen molar-refractivity contribution < 1.29 is 26.1 Å². The maximum absolute atomic E-state index is 13.2. The van der Waals surface area contributed by atoms with Gasteiger partial charge in [0.2, 0.25) is 0 Å². The molecule has 0 aromatic heterocycles. The zero-order valence-corrected chi connectivity index (χ0v) is 12.9. The molecule has 0 heterocycles. The Morgan fingerprint density at radius 3 is 2.65 bits per heavy atom. The van der Waals surface area contributed by atoms with Crippen molar-refractivity contribution in [3.63, 3.8) is 0 Å². The largest absolute Gasteiger partial charge is 2.00 e. The minimum Gasteiger partial charge on any atom is -1.00 e. The van der Waals surface area contributed by atoms with E-state index in [1.165, 1.54) is 25.3 Å². The average Bonchev–Trinajstić information content (AvgIpc) is 2.29. The Hall–Kier alpha value is 0.356. The topological polar surface area (TPSA) is 9.23 Å². The van der Waals surface area contributed by atoms with E-state index < -0.39 is 0 Å². The summed E-state index contributed by atoms with van der Waals surface area (Å²) in [5.74, 6) is -0.215. The molecule has 1 nitrogen and oxygen atoms in total. The molecule has 0 radical (unpaired) electrons. The van der Waals surface area contributed by atoms with Crippen LogP contribution in [-0.4, -0.2) is 29.2 Å². The molecule has 0 N–H and O–H groups in total. The van der Waals surface area contributed by atoms with E-state index in [-0.39, 0.29) is 45.9 Å². The van der Waals surface area contributed by atoms with E-state index in [9.17, 15) is 4.39 Å². The molecule has 1 aliphatic carbocycles. The molecule has 1 aliphatic rings. The fourth-order valence-electron chi connectivity index (χ4n) is 2.00. The standard InChI is InChI=1S/C13H16FO.BrH.Mg/c14-13-9-5-4-6-11(13)10-15-12-7-2-1-3-8-12;;/h4,6,9,12H,1-3,7-8,10H2;1H;/q-1;;+2/p-1. The average molecular weight is 311 g/mol. The van der Waals surface area contributed by atoms with Crippen LogP contribution in [0, 0.1) is 11.9 Å². The Kier molecular flexibility index (Phi) is 9.50. The minimum absolute atomic E-state index is 0. The summed E-state index contributed by atoms with van der Waals surface area (Å²) >= 11 is 0. The summed E-state index contributed by atoms with van der Waals surface area (Å²) in [6, 6.07) is 7.53. The van der Waals surface area contributed by atoms with Crippen LogP contribution < -0.4 is 17.0 Å². The molecule has 0 aliphatic heterocycles. The van der Waals surface area contributed by atoms with Crippen LogP contribution in [0.15, 0.2) is 18.2 Å². The first-order chi connectivity index (χ1) is 7.36. The van der Waals surface area contributed by atoms with Gasteiger partial charge in [-0.25, -0.2) is 0 Å². The second-order valence-corrected chi connectivity index (χ2v) is 4.09. The maximum Gasteiger partial charge on any atom is 2.00 e. The van der Waals surface area contributed by atoms with E-state index in [0.29, 0.717) is 18.3 Å². The summed E-state index contributed by atoms with van der Waals surface area (Å²) in [7, 11) is 0. The monoisotopic (exact) mass is 310 g/mol. The van der Waals surface area contributed by atoms with Crippen LogP contribution in [0.25, 0.3) is 0 Å². The van der Waals surface area contributed by atoms with Gasteiger partial charge in [0.25, 0.3) is 0 Å². The van der Waals surface area contributed by atoms with Gasteiger partial charge in [0.05, 0.1) is 12.7 Å². The zero-order chi connectivity index (χ0) is 10.5. The van der Waals surface area contributed by atoms with Crippen LogP contribution in [-0.2, 0) is 11.3 Å². The van der Waals surface area contributed by atoms with E-state index in [1.807, 2.05) is 0 Å². The van der Waals surface area contributed by atoms with E-state index in [4.69, 9.17) is 4.74 Å². The van der Waals surface area contributed by atoms with Gasteiger partial charge in [-0.15, -0.1) is 6.07 Å². The van der Waals surface area contributed by atoms with Crippen LogP contribution in [0.3, 0.4) is 0 Å². The second kappa shape index (κ2) is 9.31. The molecule has 0 spiro atoms. The first-order valence-electron chi connectivity index (χ1n) is 5.62. The molecular weight excluding hydrogens is 295 g/mol. The molecule has 1 aromatic rings. The van der Waals surface area contributed by atoms with E-state index in [2.05, 4.69) is 6.07 Å². The molecule has 17 heavy (non-hydrogen) atoms. The van der Waals surface area contributed by atoms with Crippen molar-refractivity contribution in [2.24, 2.45) is 0 Å². The number of hydrogen-bond donors (Lipinski definition) is 0. The van der Waals surface area contributed by atoms with Gasteiger partial charge < -0.3 is 21.7 Å². The van der Waals surface area contributed by atoms with Gasteiger partial charge in [0.1, 0.15) is 0 Å². The molecule has 1 fully saturated rings. The van der Waals surface area contributed by atoms with Gasteiger partial charge in [-0.1, -0.05) is 24.8 Å². The fraction of sp³-hybridized carbons (Fsp3) is 0.538. The molecule has 90 valence electrons. The third-order valence-electron chi connectivity index (χ3n) is 2.92. The van der Waals surface area contributed by atoms with Gasteiger partial charge in [0.15, 0.2) is 0 Å². The second-order valence-electron chi connectivity index (χ2n) is 4.09. The van der Waals surface area contributed by atoms with Crippen molar-refractivity contribution in [1.29, 1.82) is 0 Å². The molecule has 0 saturated heterocycles. The summed E-state index contributed by atoms with van der Waals surface area (Å²) in [6.45, 7) is 0.394. The summed E-state index contributed by atoms with van der Waals surface area (Å²) < 4.78 is 18.9. The predicted molar refractivity (Wildman–Crippen MR) is 62.7 cm³/mol. The van der Waals surface area contributed by atoms with Crippen molar-refractivity contribution >= 4 is 23.1 Å². The van der Waals surface area contributed by atoms with E-state index in [0.717, 1.165) is 12.8 Å². The van der Waals surface area contributed by atoms with Crippen LogP contribution in [0.2, 0.25) is 0 Å². The Morgan fingerprint density at radius 2 is 2.00 bits per heavy atom.